The first-order valence-electron chi connectivity index (χ1n) is 6.27. The fourth-order valence-electron chi connectivity index (χ4n) is 2.04. The maximum atomic E-state index is 11.9. The lowest BCUT2D eigenvalue weighted by Crippen LogP contribution is -2.37. The number of sulfonamides is 1. The minimum absolute atomic E-state index is 0.0345. The van der Waals surface area contributed by atoms with Gasteiger partial charge in [0.05, 0.1) is 12.4 Å². The van der Waals surface area contributed by atoms with Gasteiger partial charge in [-0.3, -0.25) is 0 Å². The minimum Gasteiger partial charge on any atom is -0.302 e. The third-order valence-corrected chi connectivity index (χ3v) is 4.69. The summed E-state index contributed by atoms with van der Waals surface area (Å²) in [6.45, 7) is 3.22. The predicted molar refractivity (Wildman–Crippen MR) is 72.5 cm³/mol. The van der Waals surface area contributed by atoms with Gasteiger partial charge < -0.3 is 4.90 Å². The highest BCUT2D eigenvalue weighted by atomic mass is 35.5. The van der Waals surface area contributed by atoms with Crippen molar-refractivity contribution in [3.8, 4) is 0 Å². The van der Waals surface area contributed by atoms with E-state index in [0.717, 1.165) is 19.6 Å². The molecule has 1 aliphatic rings. The number of likely N-dealkylation sites (tertiary alicyclic amines) is 1. The minimum atomic E-state index is -3.54. The number of halogens is 1. The van der Waals surface area contributed by atoms with Crippen molar-refractivity contribution in [1.82, 2.24) is 19.6 Å². The fraction of sp³-hybridized carbons (Fsp3) is 0.636. The van der Waals surface area contributed by atoms with Crippen LogP contribution in [0.1, 0.15) is 19.3 Å². The van der Waals surface area contributed by atoms with Crippen molar-refractivity contribution in [2.75, 3.05) is 26.2 Å². The van der Waals surface area contributed by atoms with Gasteiger partial charge >= 0.3 is 0 Å². The average Bonchev–Trinajstić information content (AvgIpc) is 2.40. The van der Waals surface area contributed by atoms with Crippen LogP contribution in [0.15, 0.2) is 17.3 Å². The van der Waals surface area contributed by atoms with Crippen LogP contribution in [0.3, 0.4) is 0 Å². The Kier molecular flexibility index (Phi) is 5.09. The fourth-order valence-corrected chi connectivity index (χ4v) is 3.05. The zero-order chi connectivity index (χ0) is 13.7. The molecule has 1 aromatic heterocycles. The lowest BCUT2D eigenvalue weighted by atomic mass is 10.1. The van der Waals surface area contributed by atoms with Crippen LogP contribution in [0.25, 0.3) is 0 Å². The molecule has 1 aliphatic heterocycles. The summed E-state index contributed by atoms with van der Waals surface area (Å²) in [4.78, 5) is 9.64. The summed E-state index contributed by atoms with van der Waals surface area (Å²) >= 11 is 5.52. The number of nitrogens with one attached hydrogen (secondary N) is 1. The Morgan fingerprint density at radius 2 is 1.84 bits per heavy atom. The lowest BCUT2D eigenvalue weighted by Gasteiger charge is -2.26. The second-order valence-corrected chi connectivity index (χ2v) is 6.59. The van der Waals surface area contributed by atoms with Crippen LogP contribution in [0, 0.1) is 0 Å². The lowest BCUT2D eigenvalue weighted by molar-refractivity contribution is 0.233. The van der Waals surface area contributed by atoms with E-state index in [9.17, 15) is 8.42 Å². The molecule has 0 amide bonds. The number of hydrogen-bond donors (Lipinski definition) is 1. The highest BCUT2D eigenvalue weighted by Gasteiger charge is 2.16. The van der Waals surface area contributed by atoms with Crippen molar-refractivity contribution in [3.05, 3.63) is 17.7 Å². The standard InChI is InChI=1S/C11H17ClN4O2S/c12-11-13-8-10(9-14-11)19(17,18)15-4-7-16-5-2-1-3-6-16/h8-9,15H,1-7H2. The molecule has 2 rings (SSSR count). The molecule has 0 atom stereocenters. The van der Waals surface area contributed by atoms with Crippen molar-refractivity contribution in [2.45, 2.75) is 24.2 Å². The first kappa shape index (κ1) is 14.6. The summed E-state index contributed by atoms with van der Waals surface area (Å²) in [5, 5.41) is 0.0345. The maximum absolute atomic E-state index is 11.9. The number of piperidine rings is 1. The molecule has 2 heterocycles. The van der Waals surface area contributed by atoms with Crippen molar-refractivity contribution < 1.29 is 8.42 Å². The number of aromatic nitrogens is 2. The van der Waals surface area contributed by atoms with Gasteiger partial charge in [-0.05, 0) is 37.5 Å². The number of rotatable bonds is 5. The van der Waals surface area contributed by atoms with Crippen molar-refractivity contribution in [3.63, 3.8) is 0 Å². The molecule has 0 bridgehead atoms. The van der Waals surface area contributed by atoms with Gasteiger partial charge in [0.1, 0.15) is 4.90 Å². The molecule has 0 spiro atoms. The summed E-state index contributed by atoms with van der Waals surface area (Å²) < 4.78 is 26.4. The summed E-state index contributed by atoms with van der Waals surface area (Å²) in [7, 11) is -3.54. The van der Waals surface area contributed by atoms with E-state index in [2.05, 4.69) is 19.6 Å². The Hall–Kier alpha value is -0.760. The van der Waals surface area contributed by atoms with Gasteiger partial charge in [-0.1, -0.05) is 6.42 Å². The number of hydrogen-bond acceptors (Lipinski definition) is 5. The molecule has 1 aromatic rings. The van der Waals surface area contributed by atoms with Crippen molar-refractivity contribution in [1.29, 1.82) is 0 Å². The Labute approximate surface area is 118 Å². The molecule has 1 saturated heterocycles. The quantitative estimate of drug-likeness (QED) is 0.818. The molecule has 0 unspecified atom stereocenters. The Morgan fingerprint density at radius 1 is 1.21 bits per heavy atom. The molecule has 0 aliphatic carbocycles. The van der Waals surface area contributed by atoms with Gasteiger partial charge in [0.15, 0.2) is 0 Å². The third-order valence-electron chi connectivity index (χ3n) is 3.08. The Morgan fingerprint density at radius 3 is 2.47 bits per heavy atom. The SMILES string of the molecule is O=S(=O)(NCCN1CCCCC1)c1cnc(Cl)nc1. The second kappa shape index (κ2) is 6.60. The molecule has 1 N–H and O–H groups in total. The van der Waals surface area contributed by atoms with E-state index in [4.69, 9.17) is 11.6 Å². The van der Waals surface area contributed by atoms with Crippen LogP contribution in [-0.2, 0) is 10.0 Å². The normalized spacial score (nSPS) is 17.5. The highest BCUT2D eigenvalue weighted by molar-refractivity contribution is 7.89. The van der Waals surface area contributed by atoms with Gasteiger partial charge in [0.25, 0.3) is 0 Å². The van der Waals surface area contributed by atoms with Crippen molar-refractivity contribution in [2.24, 2.45) is 0 Å². The van der Waals surface area contributed by atoms with Gasteiger partial charge in [0, 0.05) is 13.1 Å². The second-order valence-electron chi connectivity index (χ2n) is 4.49. The van der Waals surface area contributed by atoms with Crippen LogP contribution in [0.4, 0.5) is 0 Å². The number of nitrogens with zero attached hydrogens (tertiary/aromatic N) is 3. The van der Waals surface area contributed by atoms with Gasteiger partial charge in [-0.15, -0.1) is 0 Å². The molecule has 8 heteroatoms. The molecule has 19 heavy (non-hydrogen) atoms. The molecular formula is C11H17ClN4O2S. The Bertz CT molecular complexity index is 500. The summed E-state index contributed by atoms with van der Waals surface area (Å²) in [6.07, 6.45) is 6.07. The van der Waals surface area contributed by atoms with E-state index in [0.29, 0.717) is 6.54 Å². The van der Waals surface area contributed by atoms with Crippen LogP contribution in [0.2, 0.25) is 5.28 Å². The average molecular weight is 305 g/mol. The van der Waals surface area contributed by atoms with Gasteiger partial charge in [0.2, 0.25) is 15.3 Å². The predicted octanol–water partition coefficient (Wildman–Crippen LogP) is 0.894. The topological polar surface area (TPSA) is 75.2 Å². The van der Waals surface area contributed by atoms with E-state index in [-0.39, 0.29) is 10.2 Å². The molecule has 0 saturated carbocycles. The van der Waals surface area contributed by atoms with Crippen molar-refractivity contribution >= 4 is 21.6 Å². The van der Waals surface area contributed by atoms with E-state index < -0.39 is 10.0 Å². The third kappa shape index (κ3) is 4.38. The Balaban J connectivity index is 1.85. The summed E-state index contributed by atoms with van der Waals surface area (Å²) in [6, 6.07) is 0. The van der Waals surface area contributed by atoms with Crippen LogP contribution in [0.5, 0.6) is 0 Å². The first-order valence-corrected chi connectivity index (χ1v) is 8.13. The smallest absolute Gasteiger partial charge is 0.243 e. The molecule has 106 valence electrons. The van der Waals surface area contributed by atoms with E-state index in [1.54, 1.807) is 0 Å². The van der Waals surface area contributed by atoms with Crippen LogP contribution in [-0.4, -0.2) is 49.5 Å². The summed E-state index contributed by atoms with van der Waals surface area (Å²) in [5.74, 6) is 0. The zero-order valence-electron chi connectivity index (χ0n) is 10.5. The van der Waals surface area contributed by atoms with Crippen LogP contribution < -0.4 is 4.72 Å². The first-order chi connectivity index (χ1) is 9.08. The van der Waals surface area contributed by atoms with Gasteiger partial charge in [-0.25, -0.2) is 23.1 Å². The van der Waals surface area contributed by atoms with Crippen LogP contribution >= 0.6 is 11.6 Å². The summed E-state index contributed by atoms with van der Waals surface area (Å²) in [5.41, 5.74) is 0. The monoisotopic (exact) mass is 304 g/mol. The highest BCUT2D eigenvalue weighted by Crippen LogP contribution is 2.09. The maximum Gasteiger partial charge on any atom is 0.243 e. The van der Waals surface area contributed by atoms with E-state index in [1.165, 1.54) is 31.7 Å². The molecular weight excluding hydrogens is 288 g/mol. The molecule has 0 radical (unpaired) electrons. The molecule has 1 fully saturated rings. The van der Waals surface area contributed by atoms with E-state index in [1.807, 2.05) is 0 Å². The van der Waals surface area contributed by atoms with E-state index >= 15 is 0 Å². The van der Waals surface area contributed by atoms with Gasteiger partial charge in [-0.2, -0.15) is 0 Å². The zero-order valence-corrected chi connectivity index (χ0v) is 12.1. The molecule has 6 nitrogen and oxygen atoms in total. The molecule has 0 aromatic carbocycles. The largest absolute Gasteiger partial charge is 0.302 e.